The molecule has 15 aromatic rings. The normalized spacial score (nSPS) is 12.9. The Labute approximate surface area is 540 Å². The number of rotatable bonds is 8. The number of imidazole rings is 1. The summed E-state index contributed by atoms with van der Waals surface area (Å²) in [5.41, 5.74) is 22.1. The van der Waals surface area contributed by atoms with Gasteiger partial charge in [0.1, 0.15) is 17.3 Å². The van der Waals surface area contributed by atoms with Gasteiger partial charge in [0.25, 0.3) is 6.33 Å². The number of fused-ring (bicyclic) bond motifs is 10. The van der Waals surface area contributed by atoms with Gasteiger partial charge in [-0.1, -0.05) is 207 Å². The minimum Gasteiger partial charge on any atom is -0.458 e. The van der Waals surface area contributed by atoms with Crippen LogP contribution < -0.4 is 9.30 Å². The van der Waals surface area contributed by atoms with Crippen molar-refractivity contribution in [3.63, 3.8) is 0 Å². The molecule has 0 atom stereocenters. The lowest BCUT2D eigenvalue weighted by molar-refractivity contribution is -0.572. The van der Waals surface area contributed by atoms with E-state index in [1.165, 1.54) is 88.2 Å². The standard InChI is InChI=1S/C85H80N6O/c1-81(2,3)58-32-34-87-79(46-58)90-74-31-28-52(53-36-54(56-39-59(82(4,5)6)44-60(40-56)83(7,8)9)38-55(37-53)57-41-61(84(10,11)12)45-62(42-57)85(13,14)15)43-69(74)68-30-29-64(49-77(68)90)92-65-33-35-86-78(50-65)89-51-88(75-26-20-21-27-76(75)89)63-47-70-66-22-16-18-24-72(66)91-73-25-19-17-23-67(73)71(48-63)80(70)91/h16-50H,1-15H3. The van der Waals surface area contributed by atoms with E-state index < -0.39 is 0 Å². The summed E-state index contributed by atoms with van der Waals surface area (Å²) in [6, 6.07) is 74.2. The smallest absolute Gasteiger partial charge is 0.271 e. The molecule has 0 amide bonds. The highest BCUT2D eigenvalue weighted by Crippen LogP contribution is 2.45. The number of para-hydroxylation sites is 4. The number of hydrogen-bond donors (Lipinski definition) is 0. The highest BCUT2D eigenvalue weighted by atomic mass is 16.5. The number of pyridine rings is 2. The lowest BCUT2D eigenvalue weighted by Gasteiger charge is -2.27. The molecule has 0 fully saturated rings. The predicted octanol–water partition coefficient (Wildman–Crippen LogP) is 22.0. The Hall–Kier alpha value is -9.85. The molecule has 0 aliphatic rings. The van der Waals surface area contributed by atoms with E-state index in [1.54, 1.807) is 0 Å². The fourth-order valence-corrected chi connectivity index (χ4v) is 13.7. The zero-order valence-corrected chi connectivity index (χ0v) is 55.8. The monoisotopic (exact) mass is 1200 g/mol. The summed E-state index contributed by atoms with van der Waals surface area (Å²) in [6.07, 6.45) is 7.53. The first-order chi connectivity index (χ1) is 43.7. The molecule has 0 bridgehead atoms. The van der Waals surface area contributed by atoms with E-state index in [0.717, 1.165) is 55.5 Å². The maximum absolute atomic E-state index is 6.98. The molecule has 7 heteroatoms. The average molecular weight is 1200 g/mol. The Morgan fingerprint density at radius 3 is 1.38 bits per heavy atom. The third-order valence-electron chi connectivity index (χ3n) is 19.0. The first kappa shape index (κ1) is 58.5. The zero-order chi connectivity index (χ0) is 64.1. The van der Waals surface area contributed by atoms with E-state index in [9.17, 15) is 0 Å². The van der Waals surface area contributed by atoms with Crippen LogP contribution in [-0.2, 0) is 27.1 Å². The molecule has 6 aromatic heterocycles. The molecule has 0 radical (unpaired) electrons. The van der Waals surface area contributed by atoms with Crippen molar-refractivity contribution in [2.45, 2.75) is 131 Å². The minimum atomic E-state index is -0.0977. The second kappa shape index (κ2) is 20.8. The number of aromatic nitrogens is 6. The van der Waals surface area contributed by atoms with Crippen LogP contribution in [0.4, 0.5) is 0 Å². The molecule has 456 valence electrons. The largest absolute Gasteiger partial charge is 0.458 e. The topological polar surface area (TPSA) is 53.2 Å². The van der Waals surface area contributed by atoms with Crippen molar-refractivity contribution in [1.82, 2.24) is 23.5 Å². The summed E-state index contributed by atoms with van der Waals surface area (Å²) in [5, 5.41) is 7.11. The van der Waals surface area contributed by atoms with Gasteiger partial charge in [-0.3, -0.25) is 18.7 Å². The molecule has 0 unspecified atom stereocenters. The summed E-state index contributed by atoms with van der Waals surface area (Å²) < 4.78 is 15.9. The Kier molecular flexibility index (Phi) is 13.3. The predicted molar refractivity (Wildman–Crippen MR) is 385 cm³/mol. The van der Waals surface area contributed by atoms with E-state index >= 15 is 0 Å². The number of hydrogen-bond acceptors (Lipinski definition) is 3. The molecule has 15 rings (SSSR count). The second-order valence-corrected chi connectivity index (χ2v) is 30.8. The highest BCUT2D eigenvalue weighted by Gasteiger charge is 2.27. The molecule has 92 heavy (non-hydrogen) atoms. The maximum Gasteiger partial charge on any atom is 0.271 e. The van der Waals surface area contributed by atoms with Crippen LogP contribution in [-0.4, -0.2) is 23.5 Å². The van der Waals surface area contributed by atoms with Gasteiger partial charge in [-0.25, -0.2) is 4.98 Å². The summed E-state index contributed by atoms with van der Waals surface area (Å²) >= 11 is 0. The molecular weight excluding hydrogens is 1120 g/mol. The molecular formula is C85H80N6O. The Bertz CT molecular complexity index is 5220. The van der Waals surface area contributed by atoms with Crippen molar-refractivity contribution in [2.24, 2.45) is 0 Å². The third-order valence-corrected chi connectivity index (χ3v) is 19.0. The van der Waals surface area contributed by atoms with Gasteiger partial charge in [-0.15, -0.1) is 0 Å². The van der Waals surface area contributed by atoms with E-state index in [4.69, 9.17) is 14.7 Å². The van der Waals surface area contributed by atoms with Crippen LogP contribution in [0.3, 0.4) is 0 Å². The van der Waals surface area contributed by atoms with Crippen LogP contribution in [0.1, 0.15) is 132 Å². The summed E-state index contributed by atoms with van der Waals surface area (Å²) in [6.45, 7) is 34.7. The van der Waals surface area contributed by atoms with Crippen LogP contribution in [0.2, 0.25) is 0 Å². The fourth-order valence-electron chi connectivity index (χ4n) is 13.7. The second-order valence-electron chi connectivity index (χ2n) is 30.8. The van der Waals surface area contributed by atoms with Gasteiger partial charge in [0.15, 0.2) is 5.82 Å². The average Bonchev–Trinajstić information content (AvgIpc) is 1.55. The summed E-state index contributed by atoms with van der Waals surface area (Å²) in [7, 11) is 0. The first-order valence-corrected chi connectivity index (χ1v) is 32.5. The molecule has 0 N–H and O–H groups in total. The molecule has 6 heterocycles. The Balaban J connectivity index is 0.864. The van der Waals surface area contributed by atoms with Crippen LogP contribution in [0.15, 0.2) is 213 Å². The highest BCUT2D eigenvalue weighted by molar-refractivity contribution is 6.24. The van der Waals surface area contributed by atoms with Crippen molar-refractivity contribution >= 4 is 70.9 Å². The van der Waals surface area contributed by atoms with Gasteiger partial charge in [-0.05, 0) is 173 Å². The lowest BCUT2D eigenvalue weighted by atomic mass is 9.78. The van der Waals surface area contributed by atoms with Gasteiger partial charge < -0.3 is 9.14 Å². The van der Waals surface area contributed by atoms with Crippen LogP contribution >= 0.6 is 0 Å². The third kappa shape index (κ3) is 10.1. The van der Waals surface area contributed by atoms with E-state index in [0.29, 0.717) is 17.3 Å². The van der Waals surface area contributed by atoms with E-state index in [2.05, 4.69) is 312 Å². The zero-order valence-electron chi connectivity index (χ0n) is 55.8. The maximum atomic E-state index is 6.98. The number of benzene rings is 9. The Morgan fingerprint density at radius 2 is 0.815 bits per heavy atom. The fraction of sp³-hybridized carbons (Fsp3) is 0.235. The van der Waals surface area contributed by atoms with E-state index in [1.807, 2.05) is 29.1 Å². The lowest BCUT2D eigenvalue weighted by Crippen LogP contribution is -2.29. The SMILES string of the molecule is CC(C)(C)c1cc(-c2cc(-c3cc(C(C)(C)C)cc(C(C)(C)C)c3)cc(-c3ccc4c(c3)c3ccc(Oc5ccnc(-n6[c-][n+](-c7cc8c9ccccc9n9c%10ccccc%10c(c7)c89)c7ccccc76)c5)cc3n4-c3cc(C(C)(C)C)ccn3)c2)cc(C(C)(C)C)c1. The molecule has 0 saturated carbocycles. The van der Waals surface area contributed by atoms with Gasteiger partial charge in [0, 0.05) is 56.8 Å². The van der Waals surface area contributed by atoms with Crippen molar-refractivity contribution in [2.75, 3.05) is 0 Å². The van der Waals surface area contributed by atoms with Crippen molar-refractivity contribution in [3.05, 3.63) is 247 Å². The van der Waals surface area contributed by atoms with Crippen LogP contribution in [0, 0.1) is 6.33 Å². The molecule has 0 aliphatic carbocycles. The van der Waals surface area contributed by atoms with Gasteiger partial charge in [0.05, 0.1) is 44.3 Å². The summed E-state index contributed by atoms with van der Waals surface area (Å²) in [5.74, 6) is 2.90. The van der Waals surface area contributed by atoms with Crippen molar-refractivity contribution in [3.8, 4) is 62.2 Å². The molecule has 0 spiro atoms. The van der Waals surface area contributed by atoms with E-state index in [-0.39, 0.29) is 27.1 Å². The number of ether oxygens (including phenoxy) is 1. The molecule has 0 aliphatic heterocycles. The van der Waals surface area contributed by atoms with Gasteiger partial charge in [0.2, 0.25) is 0 Å². The van der Waals surface area contributed by atoms with Gasteiger partial charge >= 0.3 is 0 Å². The number of nitrogens with zero attached hydrogens (tertiary/aromatic N) is 6. The summed E-state index contributed by atoms with van der Waals surface area (Å²) in [4.78, 5) is 10.1. The van der Waals surface area contributed by atoms with Gasteiger partial charge in [-0.2, -0.15) is 0 Å². The van der Waals surface area contributed by atoms with Crippen LogP contribution in [0.25, 0.3) is 122 Å². The molecule has 0 saturated heterocycles. The van der Waals surface area contributed by atoms with Crippen molar-refractivity contribution < 1.29 is 9.30 Å². The van der Waals surface area contributed by atoms with Crippen LogP contribution in [0.5, 0.6) is 11.5 Å². The first-order valence-electron chi connectivity index (χ1n) is 32.5. The molecule has 7 nitrogen and oxygen atoms in total. The van der Waals surface area contributed by atoms with Crippen molar-refractivity contribution in [1.29, 1.82) is 0 Å². The molecule has 9 aromatic carbocycles. The minimum absolute atomic E-state index is 0.0429. The quantitative estimate of drug-likeness (QED) is 0.113. The Morgan fingerprint density at radius 1 is 0.337 bits per heavy atom.